The van der Waals surface area contributed by atoms with Crippen LogP contribution in [0.15, 0.2) is 22.7 Å². The molecule has 0 saturated carbocycles. The van der Waals surface area contributed by atoms with Gasteiger partial charge in [0, 0.05) is 34.2 Å². The van der Waals surface area contributed by atoms with Gasteiger partial charge in [-0.15, -0.1) is 0 Å². The van der Waals surface area contributed by atoms with Crippen LogP contribution in [0.2, 0.25) is 5.02 Å². The van der Waals surface area contributed by atoms with Gasteiger partial charge in [0.05, 0.1) is 13.2 Å². The number of nitrogens with zero attached hydrogens (tertiary/aromatic N) is 1. The molecule has 1 atom stereocenters. The van der Waals surface area contributed by atoms with E-state index in [0.717, 1.165) is 47.8 Å². The van der Waals surface area contributed by atoms with Gasteiger partial charge < -0.3 is 10.5 Å². The molecule has 1 aliphatic rings. The second-order valence-corrected chi connectivity index (χ2v) is 7.12. The van der Waals surface area contributed by atoms with Crippen molar-refractivity contribution >= 4 is 27.5 Å². The van der Waals surface area contributed by atoms with Gasteiger partial charge in [-0.05, 0) is 38.0 Å². The molecule has 0 aromatic heterocycles. The summed E-state index contributed by atoms with van der Waals surface area (Å²) in [7, 11) is 0. The summed E-state index contributed by atoms with van der Waals surface area (Å²) in [6, 6.07) is 6.00. The summed E-state index contributed by atoms with van der Waals surface area (Å²) in [4.78, 5) is 2.41. The third-order valence-electron chi connectivity index (χ3n) is 4.19. The molecular weight excluding hydrogens is 340 g/mol. The van der Waals surface area contributed by atoms with E-state index in [9.17, 15) is 0 Å². The Kier molecular flexibility index (Phi) is 5.49. The number of ether oxygens (including phenoxy) is 1. The first-order valence-corrected chi connectivity index (χ1v) is 8.10. The Morgan fingerprint density at radius 1 is 1.40 bits per heavy atom. The number of morpholine rings is 1. The number of halogens is 2. The lowest BCUT2D eigenvalue weighted by atomic mass is 9.88. The fourth-order valence-electron chi connectivity index (χ4n) is 2.55. The predicted octanol–water partition coefficient (Wildman–Crippen LogP) is 3.08. The Morgan fingerprint density at radius 3 is 2.65 bits per heavy atom. The van der Waals surface area contributed by atoms with Crippen molar-refractivity contribution in [1.29, 1.82) is 0 Å². The molecule has 1 saturated heterocycles. The van der Waals surface area contributed by atoms with E-state index in [-0.39, 0.29) is 11.6 Å². The molecule has 3 nitrogen and oxygen atoms in total. The number of rotatable bonds is 4. The van der Waals surface area contributed by atoms with E-state index in [2.05, 4.69) is 34.7 Å². The van der Waals surface area contributed by atoms with Crippen LogP contribution in [0.4, 0.5) is 0 Å². The maximum absolute atomic E-state index is 6.47. The quantitative estimate of drug-likeness (QED) is 0.895. The molecule has 0 bridgehead atoms. The minimum absolute atomic E-state index is 0.0271. The van der Waals surface area contributed by atoms with Crippen molar-refractivity contribution in [2.45, 2.75) is 31.8 Å². The van der Waals surface area contributed by atoms with E-state index in [1.165, 1.54) is 0 Å². The van der Waals surface area contributed by atoms with Crippen LogP contribution < -0.4 is 5.73 Å². The number of benzene rings is 1. The van der Waals surface area contributed by atoms with Gasteiger partial charge in [0.25, 0.3) is 0 Å². The SMILES string of the molecule is CC(C)(C(N)Cc1ccc(Br)cc1Cl)N1CCOCC1. The molecule has 2 rings (SSSR count). The van der Waals surface area contributed by atoms with Gasteiger partial charge in [0.1, 0.15) is 0 Å². The lowest BCUT2D eigenvalue weighted by molar-refractivity contribution is -0.0186. The maximum atomic E-state index is 6.47. The number of hydrogen-bond acceptors (Lipinski definition) is 3. The van der Waals surface area contributed by atoms with Crippen molar-refractivity contribution < 1.29 is 4.74 Å². The summed E-state index contributed by atoms with van der Waals surface area (Å²) in [5, 5.41) is 0.771. The van der Waals surface area contributed by atoms with Gasteiger partial charge >= 0.3 is 0 Å². The molecule has 0 aliphatic carbocycles. The lowest BCUT2D eigenvalue weighted by Crippen LogP contribution is -2.59. The normalized spacial score (nSPS) is 19.1. The highest BCUT2D eigenvalue weighted by atomic mass is 79.9. The highest BCUT2D eigenvalue weighted by Gasteiger charge is 2.34. The summed E-state index contributed by atoms with van der Waals surface area (Å²) >= 11 is 9.72. The van der Waals surface area contributed by atoms with Crippen molar-refractivity contribution in [2.75, 3.05) is 26.3 Å². The Labute approximate surface area is 134 Å². The molecule has 5 heteroatoms. The Balaban J connectivity index is 2.07. The topological polar surface area (TPSA) is 38.5 Å². The monoisotopic (exact) mass is 360 g/mol. The van der Waals surface area contributed by atoms with E-state index >= 15 is 0 Å². The van der Waals surface area contributed by atoms with Crippen molar-refractivity contribution in [3.05, 3.63) is 33.3 Å². The molecule has 1 unspecified atom stereocenters. The standard InChI is InChI=1S/C15H22BrClN2O/c1-15(2,19-5-7-20-8-6-19)14(18)9-11-3-4-12(16)10-13(11)17/h3-4,10,14H,5-9,18H2,1-2H3. The first kappa shape index (κ1) is 16.2. The molecule has 20 heavy (non-hydrogen) atoms. The zero-order valence-corrected chi connectivity index (χ0v) is 14.4. The van der Waals surface area contributed by atoms with Crippen LogP contribution in [0.3, 0.4) is 0 Å². The molecule has 1 fully saturated rings. The largest absolute Gasteiger partial charge is 0.379 e. The van der Waals surface area contributed by atoms with Crippen LogP contribution in [0.1, 0.15) is 19.4 Å². The molecule has 1 heterocycles. The zero-order chi connectivity index (χ0) is 14.8. The van der Waals surface area contributed by atoms with Crippen molar-refractivity contribution in [2.24, 2.45) is 5.73 Å². The lowest BCUT2D eigenvalue weighted by Gasteiger charge is -2.44. The van der Waals surface area contributed by atoms with Gasteiger partial charge in [-0.2, -0.15) is 0 Å². The molecular formula is C15H22BrClN2O. The van der Waals surface area contributed by atoms with Crippen LogP contribution in [-0.2, 0) is 11.2 Å². The van der Waals surface area contributed by atoms with E-state index in [1.54, 1.807) is 0 Å². The minimum atomic E-state index is -0.0693. The second kappa shape index (κ2) is 6.75. The first-order chi connectivity index (χ1) is 9.41. The fraction of sp³-hybridized carbons (Fsp3) is 0.600. The number of nitrogens with two attached hydrogens (primary N) is 1. The van der Waals surface area contributed by atoms with Crippen LogP contribution in [0.5, 0.6) is 0 Å². The molecule has 2 N–H and O–H groups in total. The molecule has 0 amide bonds. The van der Waals surface area contributed by atoms with Gasteiger partial charge in [0.15, 0.2) is 0 Å². The summed E-state index contributed by atoms with van der Waals surface area (Å²) < 4.78 is 6.41. The molecule has 112 valence electrons. The summed E-state index contributed by atoms with van der Waals surface area (Å²) in [5.74, 6) is 0. The highest BCUT2D eigenvalue weighted by molar-refractivity contribution is 9.10. The highest BCUT2D eigenvalue weighted by Crippen LogP contribution is 2.26. The summed E-state index contributed by atoms with van der Waals surface area (Å²) in [6.45, 7) is 7.86. The zero-order valence-electron chi connectivity index (χ0n) is 12.0. The van der Waals surface area contributed by atoms with E-state index in [0.29, 0.717) is 0 Å². The van der Waals surface area contributed by atoms with Gasteiger partial charge in [-0.25, -0.2) is 0 Å². The minimum Gasteiger partial charge on any atom is -0.379 e. The molecule has 1 aromatic rings. The Hall–Kier alpha value is -0.130. The van der Waals surface area contributed by atoms with E-state index in [4.69, 9.17) is 22.1 Å². The Morgan fingerprint density at radius 2 is 2.05 bits per heavy atom. The van der Waals surface area contributed by atoms with Gasteiger partial charge in [-0.3, -0.25) is 4.90 Å². The number of hydrogen-bond donors (Lipinski definition) is 1. The first-order valence-electron chi connectivity index (χ1n) is 6.93. The summed E-state index contributed by atoms with van der Waals surface area (Å²) in [6.07, 6.45) is 0.774. The average Bonchev–Trinajstić information content (AvgIpc) is 2.42. The van der Waals surface area contributed by atoms with E-state index < -0.39 is 0 Å². The third-order valence-corrected chi connectivity index (χ3v) is 5.03. The molecule has 0 spiro atoms. The van der Waals surface area contributed by atoms with Crippen molar-refractivity contribution in [3.8, 4) is 0 Å². The van der Waals surface area contributed by atoms with Crippen LogP contribution in [0.25, 0.3) is 0 Å². The molecule has 1 aromatic carbocycles. The molecule has 1 aliphatic heterocycles. The Bertz CT molecular complexity index is 461. The second-order valence-electron chi connectivity index (χ2n) is 5.80. The average molecular weight is 362 g/mol. The van der Waals surface area contributed by atoms with Crippen LogP contribution in [-0.4, -0.2) is 42.8 Å². The summed E-state index contributed by atoms with van der Waals surface area (Å²) in [5.41, 5.74) is 7.50. The van der Waals surface area contributed by atoms with Crippen LogP contribution >= 0.6 is 27.5 Å². The van der Waals surface area contributed by atoms with Crippen molar-refractivity contribution in [3.63, 3.8) is 0 Å². The van der Waals surface area contributed by atoms with Gasteiger partial charge in [-0.1, -0.05) is 33.6 Å². The van der Waals surface area contributed by atoms with Crippen molar-refractivity contribution in [1.82, 2.24) is 4.90 Å². The fourth-order valence-corrected chi connectivity index (χ4v) is 3.30. The third kappa shape index (κ3) is 3.74. The molecule has 0 radical (unpaired) electrons. The maximum Gasteiger partial charge on any atom is 0.0594 e. The smallest absolute Gasteiger partial charge is 0.0594 e. The van der Waals surface area contributed by atoms with E-state index in [1.807, 2.05) is 18.2 Å². The van der Waals surface area contributed by atoms with Gasteiger partial charge in [0.2, 0.25) is 0 Å². The van der Waals surface area contributed by atoms with Crippen LogP contribution in [0, 0.1) is 0 Å². The predicted molar refractivity (Wildman–Crippen MR) is 87.3 cm³/mol.